The molecule has 5 aliphatic carbocycles. The normalized spacial score (nSPS) is 36.0. The molecule has 7 heteroatoms. The van der Waals surface area contributed by atoms with Crippen LogP contribution in [-0.2, 0) is 36.9 Å². The number of carbonyl (C=O) groups is 4. The zero-order chi connectivity index (χ0) is 33.1. The van der Waals surface area contributed by atoms with Crippen LogP contribution in [0, 0.1) is 51.8 Å². The average molecular weight is 637 g/mol. The third-order valence-corrected chi connectivity index (χ3v) is 13.1. The standard InChI is InChI=1S/C40H48N2O5/c1-24(2)28-22-40-19-16-30-38(3,31(40)21-27(28)32-33(40)36(45)47-35(32)44)17-11-18-39(30,4)37(46)42-29(20-25-12-7-5-8-13-25)34(43)41-23-26-14-9-6-10-15-26/h5-10,12-15,22,24,27,29-33H,11,16-21,23H2,1-4H3,(H,41,43)(H,42,46). The van der Waals surface area contributed by atoms with Crippen LogP contribution in [0.1, 0.15) is 77.3 Å². The lowest BCUT2D eigenvalue weighted by molar-refractivity contribution is -0.187. The van der Waals surface area contributed by atoms with E-state index in [2.05, 4.69) is 44.4 Å². The Labute approximate surface area is 278 Å². The van der Waals surface area contributed by atoms with Crippen molar-refractivity contribution in [1.82, 2.24) is 10.6 Å². The van der Waals surface area contributed by atoms with Crippen LogP contribution in [0.15, 0.2) is 72.3 Å². The van der Waals surface area contributed by atoms with E-state index >= 15 is 0 Å². The summed E-state index contributed by atoms with van der Waals surface area (Å²) < 4.78 is 5.36. The number of rotatable bonds is 8. The molecule has 2 bridgehead atoms. The van der Waals surface area contributed by atoms with Gasteiger partial charge in [-0.2, -0.15) is 0 Å². The van der Waals surface area contributed by atoms with Crippen molar-refractivity contribution in [1.29, 1.82) is 0 Å². The van der Waals surface area contributed by atoms with Crippen molar-refractivity contribution in [2.24, 2.45) is 51.8 Å². The molecule has 0 radical (unpaired) electrons. The molecule has 1 heterocycles. The lowest BCUT2D eigenvalue weighted by Gasteiger charge is -2.68. The van der Waals surface area contributed by atoms with Crippen molar-refractivity contribution in [2.45, 2.75) is 85.2 Å². The molecule has 1 aliphatic heterocycles. The topological polar surface area (TPSA) is 102 Å². The highest BCUT2D eigenvalue weighted by molar-refractivity contribution is 5.98. The maximum Gasteiger partial charge on any atom is 0.318 e. The van der Waals surface area contributed by atoms with Gasteiger partial charge in [-0.1, -0.05) is 106 Å². The number of ether oxygens (including phenoxy) is 1. The van der Waals surface area contributed by atoms with Gasteiger partial charge in [-0.25, -0.2) is 0 Å². The van der Waals surface area contributed by atoms with E-state index in [4.69, 9.17) is 4.74 Å². The molecule has 2 aromatic rings. The molecular weight excluding hydrogens is 588 g/mol. The Kier molecular flexibility index (Phi) is 7.96. The fourth-order valence-corrected chi connectivity index (χ4v) is 11.1. The Morgan fingerprint density at radius 1 is 0.894 bits per heavy atom. The predicted molar refractivity (Wildman–Crippen MR) is 178 cm³/mol. The number of hydrogen-bond donors (Lipinski definition) is 2. The van der Waals surface area contributed by atoms with Crippen LogP contribution < -0.4 is 10.6 Å². The largest absolute Gasteiger partial charge is 0.393 e. The highest BCUT2D eigenvalue weighted by Gasteiger charge is 2.73. The lowest BCUT2D eigenvalue weighted by Crippen LogP contribution is -2.66. The number of amides is 2. The molecule has 9 atom stereocenters. The summed E-state index contributed by atoms with van der Waals surface area (Å²) in [7, 11) is 0. The first-order valence-corrected chi connectivity index (χ1v) is 17.6. The Morgan fingerprint density at radius 2 is 1.57 bits per heavy atom. The first-order chi connectivity index (χ1) is 22.5. The Hall–Kier alpha value is -3.74. The van der Waals surface area contributed by atoms with E-state index in [1.54, 1.807) is 0 Å². The molecule has 7 nitrogen and oxygen atoms in total. The van der Waals surface area contributed by atoms with Gasteiger partial charge in [0.05, 0.1) is 11.8 Å². The van der Waals surface area contributed by atoms with E-state index in [-0.39, 0.29) is 52.8 Å². The average Bonchev–Trinajstić information content (AvgIpc) is 3.39. The molecule has 47 heavy (non-hydrogen) atoms. The second-order valence-electron chi connectivity index (χ2n) is 15.8. The van der Waals surface area contributed by atoms with E-state index in [1.807, 2.05) is 60.7 Å². The summed E-state index contributed by atoms with van der Waals surface area (Å²) in [4.78, 5) is 54.7. The van der Waals surface area contributed by atoms with Crippen LogP contribution in [0.3, 0.4) is 0 Å². The van der Waals surface area contributed by atoms with Crippen molar-refractivity contribution >= 4 is 23.8 Å². The Bertz CT molecular complexity index is 1600. The summed E-state index contributed by atoms with van der Waals surface area (Å²) in [5.41, 5.74) is 2.01. The molecule has 2 amide bonds. The minimum absolute atomic E-state index is 0.00646. The van der Waals surface area contributed by atoms with E-state index < -0.39 is 22.8 Å². The monoisotopic (exact) mass is 636 g/mol. The van der Waals surface area contributed by atoms with Gasteiger partial charge in [-0.05, 0) is 72.3 Å². The van der Waals surface area contributed by atoms with E-state index in [9.17, 15) is 19.2 Å². The number of esters is 2. The van der Waals surface area contributed by atoms with Gasteiger partial charge in [0.1, 0.15) is 6.04 Å². The van der Waals surface area contributed by atoms with E-state index in [0.29, 0.717) is 18.9 Å². The van der Waals surface area contributed by atoms with Crippen LogP contribution in [0.4, 0.5) is 0 Å². The molecular formula is C40H48N2O5. The number of benzene rings is 2. The summed E-state index contributed by atoms with van der Waals surface area (Å²) in [6.45, 7) is 9.22. The quantitative estimate of drug-likeness (QED) is 0.205. The van der Waals surface area contributed by atoms with Crippen LogP contribution >= 0.6 is 0 Å². The number of carbonyl (C=O) groups excluding carboxylic acids is 4. The second kappa shape index (κ2) is 11.7. The molecule has 2 N–H and O–H groups in total. The summed E-state index contributed by atoms with van der Waals surface area (Å²) in [6, 6.07) is 18.9. The fourth-order valence-electron chi connectivity index (χ4n) is 11.1. The third-order valence-electron chi connectivity index (χ3n) is 13.1. The molecule has 9 unspecified atom stereocenters. The summed E-state index contributed by atoms with van der Waals surface area (Å²) >= 11 is 0. The van der Waals surface area contributed by atoms with Crippen LogP contribution in [0.25, 0.3) is 0 Å². The zero-order valence-corrected chi connectivity index (χ0v) is 28.1. The number of fused-ring (bicyclic) bond motifs is 1. The van der Waals surface area contributed by atoms with E-state index in [1.165, 1.54) is 5.57 Å². The highest BCUT2D eigenvalue weighted by Crippen LogP contribution is 2.74. The summed E-state index contributed by atoms with van der Waals surface area (Å²) in [5.74, 6) is -1.18. The van der Waals surface area contributed by atoms with Gasteiger partial charge >= 0.3 is 11.9 Å². The fraction of sp³-hybridized carbons (Fsp3) is 0.550. The van der Waals surface area contributed by atoms with Crippen LogP contribution in [0.5, 0.6) is 0 Å². The molecule has 2 aromatic carbocycles. The SMILES string of the molecule is CC(C)C1=CC23CCC4C(C)(C(=O)NC(Cc5ccccc5)C(=O)NCc5ccccc5)CCCC4(C)C2CC1C1C(=O)OC(=O)C13. The minimum atomic E-state index is -0.712. The molecule has 6 aliphatic rings. The maximum atomic E-state index is 14.6. The van der Waals surface area contributed by atoms with Crippen molar-refractivity contribution in [3.63, 3.8) is 0 Å². The first-order valence-electron chi connectivity index (χ1n) is 17.6. The molecule has 0 aromatic heterocycles. The molecule has 1 spiro atoms. The van der Waals surface area contributed by atoms with Gasteiger partial charge in [0, 0.05) is 23.8 Å². The van der Waals surface area contributed by atoms with Crippen LogP contribution in [0.2, 0.25) is 0 Å². The summed E-state index contributed by atoms with van der Waals surface area (Å²) in [6.07, 6.45) is 7.85. The van der Waals surface area contributed by atoms with Crippen molar-refractivity contribution < 1.29 is 23.9 Å². The van der Waals surface area contributed by atoms with Gasteiger partial charge in [-0.3, -0.25) is 19.2 Å². The Morgan fingerprint density at radius 3 is 2.26 bits per heavy atom. The maximum absolute atomic E-state index is 14.6. The van der Waals surface area contributed by atoms with Crippen molar-refractivity contribution in [3.8, 4) is 0 Å². The van der Waals surface area contributed by atoms with Gasteiger partial charge in [0.2, 0.25) is 11.8 Å². The first kappa shape index (κ1) is 31.8. The second-order valence-corrected chi connectivity index (χ2v) is 15.8. The minimum Gasteiger partial charge on any atom is -0.393 e. The van der Waals surface area contributed by atoms with E-state index in [0.717, 1.165) is 49.7 Å². The molecule has 4 fully saturated rings. The third kappa shape index (κ3) is 5.07. The van der Waals surface area contributed by atoms with Gasteiger partial charge < -0.3 is 15.4 Å². The molecule has 3 saturated carbocycles. The van der Waals surface area contributed by atoms with Gasteiger partial charge in [0.25, 0.3) is 0 Å². The van der Waals surface area contributed by atoms with Crippen molar-refractivity contribution in [3.05, 3.63) is 83.4 Å². The number of allylic oxidation sites excluding steroid dienone is 2. The highest BCUT2D eigenvalue weighted by atomic mass is 16.6. The smallest absolute Gasteiger partial charge is 0.318 e. The Balaban J connectivity index is 1.17. The molecule has 248 valence electrons. The number of nitrogens with one attached hydrogen (secondary N) is 2. The summed E-state index contributed by atoms with van der Waals surface area (Å²) in [5, 5.41) is 6.33. The lowest BCUT2D eigenvalue weighted by atomic mass is 9.34. The predicted octanol–water partition coefficient (Wildman–Crippen LogP) is 6.17. The van der Waals surface area contributed by atoms with Gasteiger partial charge in [-0.15, -0.1) is 0 Å². The van der Waals surface area contributed by atoms with Crippen molar-refractivity contribution in [2.75, 3.05) is 0 Å². The zero-order valence-electron chi connectivity index (χ0n) is 28.1. The number of cyclic esters (lactones) is 2. The number of hydrogen-bond acceptors (Lipinski definition) is 5. The van der Waals surface area contributed by atoms with Crippen LogP contribution in [-0.4, -0.2) is 29.8 Å². The van der Waals surface area contributed by atoms with Gasteiger partial charge in [0.15, 0.2) is 0 Å². The molecule has 8 rings (SSSR count). The molecule has 1 saturated heterocycles.